The Morgan fingerprint density at radius 3 is 2.92 bits per heavy atom. The maximum atomic E-state index is 12.5. The monoisotopic (exact) mass is 343 g/mol. The van der Waals surface area contributed by atoms with E-state index in [2.05, 4.69) is 9.97 Å². The lowest BCUT2D eigenvalue weighted by molar-refractivity contribution is -0.174. The van der Waals surface area contributed by atoms with Gasteiger partial charge in [-0.15, -0.1) is 0 Å². The number of hydrogen-bond donors (Lipinski definition) is 0. The van der Waals surface area contributed by atoms with Crippen molar-refractivity contribution in [1.82, 2.24) is 14.9 Å². The van der Waals surface area contributed by atoms with E-state index in [1.807, 2.05) is 13.8 Å². The van der Waals surface area contributed by atoms with E-state index in [-0.39, 0.29) is 17.6 Å². The van der Waals surface area contributed by atoms with Crippen LogP contribution >= 0.6 is 0 Å². The van der Waals surface area contributed by atoms with Crippen LogP contribution in [-0.4, -0.2) is 52.2 Å². The van der Waals surface area contributed by atoms with Crippen molar-refractivity contribution < 1.29 is 18.7 Å². The first-order valence-electron chi connectivity index (χ1n) is 8.47. The Bertz CT molecular complexity index is 782. The first-order chi connectivity index (χ1) is 12.0. The molecular weight excluding hydrogens is 322 g/mol. The van der Waals surface area contributed by atoms with E-state index in [4.69, 9.17) is 13.9 Å². The fourth-order valence-electron chi connectivity index (χ4n) is 3.50. The first kappa shape index (κ1) is 16.1. The molecule has 0 bridgehead atoms. The second-order valence-electron chi connectivity index (χ2n) is 6.86. The zero-order chi connectivity index (χ0) is 17.4. The van der Waals surface area contributed by atoms with Crippen molar-refractivity contribution in [3.63, 3.8) is 0 Å². The molecule has 0 unspecified atom stereocenters. The summed E-state index contributed by atoms with van der Waals surface area (Å²) in [6, 6.07) is 1.80. The van der Waals surface area contributed by atoms with Gasteiger partial charge in [0.05, 0.1) is 37.9 Å². The Morgan fingerprint density at radius 2 is 2.20 bits per heavy atom. The van der Waals surface area contributed by atoms with Gasteiger partial charge in [0.15, 0.2) is 5.76 Å². The standard InChI is InChI=1S/C18H21N3O4/c1-12-3-5-23-16(12)17(22)21-10-18(11-21)7-14(4-6-24-18)25-15-9-19-8-13(2)20-15/h3,5,8-9,14H,4,6-7,10-11H2,1-2H3/t14-/m0/s1. The van der Waals surface area contributed by atoms with Crippen LogP contribution in [0.5, 0.6) is 5.88 Å². The molecular formula is C18H21N3O4. The van der Waals surface area contributed by atoms with Crippen LogP contribution in [0.1, 0.15) is 34.7 Å². The average molecular weight is 343 g/mol. The Kier molecular flexibility index (Phi) is 3.95. The molecule has 1 amide bonds. The zero-order valence-electron chi connectivity index (χ0n) is 14.4. The second-order valence-corrected chi connectivity index (χ2v) is 6.86. The van der Waals surface area contributed by atoms with Crippen LogP contribution in [0.25, 0.3) is 0 Å². The van der Waals surface area contributed by atoms with Crippen LogP contribution in [0.2, 0.25) is 0 Å². The van der Waals surface area contributed by atoms with E-state index in [0.29, 0.717) is 31.3 Å². The number of carbonyl (C=O) groups is 1. The molecule has 4 rings (SSSR count). The molecule has 2 aliphatic rings. The maximum Gasteiger partial charge on any atom is 0.290 e. The Morgan fingerprint density at radius 1 is 1.36 bits per heavy atom. The molecule has 1 atom stereocenters. The van der Waals surface area contributed by atoms with Crippen LogP contribution in [-0.2, 0) is 4.74 Å². The van der Waals surface area contributed by atoms with Gasteiger partial charge in [-0.25, -0.2) is 4.98 Å². The number of nitrogens with zero attached hydrogens (tertiary/aromatic N) is 3. The third-order valence-corrected chi connectivity index (χ3v) is 4.77. The van der Waals surface area contributed by atoms with Crippen LogP contribution in [0.15, 0.2) is 29.1 Å². The van der Waals surface area contributed by atoms with Crippen molar-refractivity contribution in [3.05, 3.63) is 41.7 Å². The first-order valence-corrected chi connectivity index (χ1v) is 8.47. The van der Waals surface area contributed by atoms with Crippen LogP contribution in [0.4, 0.5) is 0 Å². The van der Waals surface area contributed by atoms with E-state index < -0.39 is 0 Å². The minimum absolute atomic E-state index is 0.0208. The molecule has 2 saturated heterocycles. The third kappa shape index (κ3) is 3.11. The quantitative estimate of drug-likeness (QED) is 0.850. The fraction of sp³-hybridized carbons (Fsp3) is 0.500. The molecule has 2 fully saturated rings. The van der Waals surface area contributed by atoms with E-state index in [9.17, 15) is 4.79 Å². The van der Waals surface area contributed by atoms with Crippen molar-refractivity contribution in [2.75, 3.05) is 19.7 Å². The predicted octanol–water partition coefficient (Wildman–Crippen LogP) is 2.14. The van der Waals surface area contributed by atoms with Crippen molar-refractivity contribution in [2.45, 2.75) is 38.4 Å². The number of hydrogen-bond acceptors (Lipinski definition) is 6. The Balaban J connectivity index is 1.38. The van der Waals surface area contributed by atoms with Crippen LogP contribution in [0, 0.1) is 13.8 Å². The van der Waals surface area contributed by atoms with Gasteiger partial charge in [-0.1, -0.05) is 0 Å². The summed E-state index contributed by atoms with van der Waals surface area (Å²) in [5.74, 6) is 0.873. The van der Waals surface area contributed by atoms with Gasteiger partial charge in [0.1, 0.15) is 11.7 Å². The molecule has 7 heteroatoms. The number of carbonyl (C=O) groups excluding carboxylic acids is 1. The maximum absolute atomic E-state index is 12.5. The average Bonchev–Trinajstić information content (AvgIpc) is 2.98. The van der Waals surface area contributed by atoms with E-state index in [0.717, 1.165) is 24.1 Å². The predicted molar refractivity (Wildman–Crippen MR) is 88.5 cm³/mol. The highest BCUT2D eigenvalue weighted by Crippen LogP contribution is 2.36. The smallest absolute Gasteiger partial charge is 0.290 e. The Hall–Kier alpha value is -2.41. The van der Waals surface area contributed by atoms with Crippen LogP contribution < -0.4 is 4.74 Å². The topological polar surface area (TPSA) is 77.7 Å². The minimum atomic E-state index is -0.323. The van der Waals surface area contributed by atoms with E-state index in [1.165, 1.54) is 0 Å². The third-order valence-electron chi connectivity index (χ3n) is 4.77. The molecule has 0 N–H and O–H groups in total. The molecule has 2 aromatic rings. The number of rotatable bonds is 3. The van der Waals surface area contributed by atoms with Gasteiger partial charge < -0.3 is 18.8 Å². The number of amides is 1. The van der Waals surface area contributed by atoms with E-state index in [1.54, 1.807) is 29.6 Å². The summed E-state index contributed by atoms with van der Waals surface area (Å²) in [5.41, 5.74) is 1.36. The molecule has 0 aromatic carbocycles. The second kappa shape index (κ2) is 6.15. The van der Waals surface area contributed by atoms with Gasteiger partial charge in [-0.2, -0.15) is 0 Å². The van der Waals surface area contributed by atoms with Crippen LogP contribution in [0.3, 0.4) is 0 Å². The highest BCUT2D eigenvalue weighted by Gasteiger charge is 2.50. The van der Waals surface area contributed by atoms with Crippen molar-refractivity contribution in [1.29, 1.82) is 0 Å². The summed E-state index contributed by atoms with van der Waals surface area (Å²) in [5, 5.41) is 0. The number of ether oxygens (including phenoxy) is 2. The highest BCUT2D eigenvalue weighted by atomic mass is 16.5. The van der Waals surface area contributed by atoms with Gasteiger partial charge in [-0.3, -0.25) is 9.78 Å². The molecule has 1 spiro atoms. The molecule has 132 valence electrons. The van der Waals surface area contributed by atoms with Gasteiger partial charge in [-0.05, 0) is 19.9 Å². The lowest BCUT2D eigenvalue weighted by Gasteiger charge is -2.52. The molecule has 2 aliphatic heterocycles. The number of aryl methyl sites for hydroxylation is 2. The van der Waals surface area contributed by atoms with Gasteiger partial charge in [0, 0.05) is 24.6 Å². The minimum Gasteiger partial charge on any atom is -0.473 e. The summed E-state index contributed by atoms with van der Waals surface area (Å²) in [7, 11) is 0. The molecule has 25 heavy (non-hydrogen) atoms. The van der Waals surface area contributed by atoms with Crippen molar-refractivity contribution in [3.8, 4) is 5.88 Å². The molecule has 0 saturated carbocycles. The molecule has 7 nitrogen and oxygen atoms in total. The number of aromatic nitrogens is 2. The summed E-state index contributed by atoms with van der Waals surface area (Å²) in [6.07, 6.45) is 6.44. The lowest BCUT2D eigenvalue weighted by atomic mass is 9.84. The largest absolute Gasteiger partial charge is 0.473 e. The lowest BCUT2D eigenvalue weighted by Crippen LogP contribution is -2.67. The van der Waals surface area contributed by atoms with Gasteiger partial charge >= 0.3 is 0 Å². The highest BCUT2D eigenvalue weighted by molar-refractivity contribution is 5.93. The molecule has 0 radical (unpaired) electrons. The summed E-state index contributed by atoms with van der Waals surface area (Å²) < 4.78 is 17.3. The number of likely N-dealkylation sites (tertiary alicyclic amines) is 1. The zero-order valence-corrected chi connectivity index (χ0v) is 14.4. The van der Waals surface area contributed by atoms with E-state index >= 15 is 0 Å². The molecule has 0 aliphatic carbocycles. The normalized spacial score (nSPS) is 21.8. The molecule has 4 heterocycles. The summed E-state index contributed by atoms with van der Waals surface area (Å²) in [6.45, 7) is 5.50. The van der Waals surface area contributed by atoms with Gasteiger partial charge in [0.2, 0.25) is 5.88 Å². The summed E-state index contributed by atoms with van der Waals surface area (Å²) in [4.78, 5) is 22.7. The fourth-order valence-corrected chi connectivity index (χ4v) is 3.50. The number of furan rings is 1. The summed E-state index contributed by atoms with van der Waals surface area (Å²) >= 11 is 0. The van der Waals surface area contributed by atoms with Gasteiger partial charge in [0.25, 0.3) is 5.91 Å². The van der Waals surface area contributed by atoms with Crippen molar-refractivity contribution in [2.24, 2.45) is 0 Å². The Labute approximate surface area is 146 Å². The SMILES string of the molecule is Cc1cncc(O[C@H]2CCOC3(C2)CN(C(=O)c2occc2C)C3)n1. The van der Waals surface area contributed by atoms with Crippen molar-refractivity contribution >= 4 is 5.91 Å². The molecule has 2 aromatic heterocycles.